The molecule has 208 valence electrons. The van der Waals surface area contributed by atoms with Gasteiger partial charge in [0.15, 0.2) is 5.82 Å². The molecule has 0 atom stereocenters. The number of halogens is 2. The zero-order chi connectivity index (χ0) is 28.2. The van der Waals surface area contributed by atoms with E-state index in [0.717, 1.165) is 30.9 Å². The standard InChI is InChI=1S/C30H33F2NO5S/c1-3-4-6-19-9-11-20(12-10-19)21-13-15-22(16-14-21)23-7-5-8-28(29(23)32)39(36,37)33-26-18-25(31)24(30(34)35)17-27(26)38-2/h5,7-8,13-20,33H,3-4,6,9-12H2,1-2H3,(H,34,35). The lowest BCUT2D eigenvalue weighted by molar-refractivity contribution is 0.0691. The molecule has 0 saturated heterocycles. The molecule has 1 aliphatic rings. The van der Waals surface area contributed by atoms with Gasteiger partial charge in [0.25, 0.3) is 10.0 Å². The molecule has 2 N–H and O–H groups in total. The second kappa shape index (κ2) is 12.2. The van der Waals surface area contributed by atoms with Gasteiger partial charge in [-0.15, -0.1) is 0 Å². The highest BCUT2D eigenvalue weighted by Gasteiger charge is 2.26. The summed E-state index contributed by atoms with van der Waals surface area (Å²) in [6.45, 7) is 2.22. The van der Waals surface area contributed by atoms with Crippen LogP contribution in [0.5, 0.6) is 5.75 Å². The minimum absolute atomic E-state index is 0.118. The summed E-state index contributed by atoms with van der Waals surface area (Å²) in [7, 11) is -3.33. The van der Waals surface area contributed by atoms with Crippen LogP contribution in [0.25, 0.3) is 11.1 Å². The molecule has 0 unspecified atom stereocenters. The number of hydrogen-bond acceptors (Lipinski definition) is 4. The van der Waals surface area contributed by atoms with Crippen molar-refractivity contribution in [1.29, 1.82) is 0 Å². The number of carboxylic acid groups (broad SMARTS) is 1. The normalized spacial score (nSPS) is 17.5. The molecule has 0 spiro atoms. The summed E-state index contributed by atoms with van der Waals surface area (Å²) in [5.41, 5.74) is 0.832. The van der Waals surface area contributed by atoms with Crippen LogP contribution in [0.2, 0.25) is 0 Å². The lowest BCUT2D eigenvalue weighted by Gasteiger charge is -2.29. The summed E-state index contributed by atoms with van der Waals surface area (Å²) in [6.07, 6.45) is 8.52. The molecule has 4 rings (SSSR count). The molecule has 1 fully saturated rings. The predicted molar refractivity (Wildman–Crippen MR) is 147 cm³/mol. The van der Waals surface area contributed by atoms with E-state index in [1.807, 2.05) is 24.3 Å². The fourth-order valence-corrected chi connectivity index (χ4v) is 6.48. The summed E-state index contributed by atoms with van der Waals surface area (Å²) >= 11 is 0. The lowest BCUT2D eigenvalue weighted by Crippen LogP contribution is -2.16. The molecule has 0 aromatic heterocycles. The lowest BCUT2D eigenvalue weighted by atomic mass is 9.77. The van der Waals surface area contributed by atoms with Crippen molar-refractivity contribution in [3.63, 3.8) is 0 Å². The Morgan fingerprint density at radius 3 is 2.36 bits per heavy atom. The van der Waals surface area contributed by atoms with Crippen LogP contribution in [0.4, 0.5) is 14.5 Å². The maximum atomic E-state index is 15.6. The Bertz CT molecular complexity index is 1430. The molecular weight excluding hydrogens is 524 g/mol. The van der Waals surface area contributed by atoms with Gasteiger partial charge in [0.1, 0.15) is 16.5 Å². The van der Waals surface area contributed by atoms with Crippen LogP contribution < -0.4 is 9.46 Å². The topological polar surface area (TPSA) is 92.7 Å². The highest BCUT2D eigenvalue weighted by Crippen LogP contribution is 2.39. The Kier molecular flexibility index (Phi) is 8.90. The first kappa shape index (κ1) is 28.5. The van der Waals surface area contributed by atoms with Gasteiger partial charge in [0.2, 0.25) is 0 Å². The van der Waals surface area contributed by atoms with Gasteiger partial charge in [-0.2, -0.15) is 0 Å². The molecule has 1 aliphatic carbocycles. The Balaban J connectivity index is 1.55. The number of aromatic carboxylic acids is 1. The van der Waals surface area contributed by atoms with E-state index in [1.165, 1.54) is 56.9 Å². The first-order valence-electron chi connectivity index (χ1n) is 13.2. The van der Waals surface area contributed by atoms with Gasteiger partial charge in [0.05, 0.1) is 18.4 Å². The number of sulfonamides is 1. The molecule has 0 aliphatic heterocycles. The number of nitrogens with one attached hydrogen (secondary N) is 1. The molecule has 6 nitrogen and oxygen atoms in total. The third-order valence-electron chi connectivity index (χ3n) is 7.52. The summed E-state index contributed by atoms with van der Waals surface area (Å²) < 4.78 is 63.2. The predicted octanol–water partition coefficient (Wildman–Crippen LogP) is 7.60. The van der Waals surface area contributed by atoms with Crippen molar-refractivity contribution in [3.05, 3.63) is 77.4 Å². The van der Waals surface area contributed by atoms with Gasteiger partial charge in [-0.3, -0.25) is 4.72 Å². The van der Waals surface area contributed by atoms with Gasteiger partial charge in [-0.05, 0) is 60.8 Å². The van der Waals surface area contributed by atoms with Crippen molar-refractivity contribution in [3.8, 4) is 16.9 Å². The number of hydrogen-bond donors (Lipinski definition) is 2. The Hall–Kier alpha value is -3.46. The Morgan fingerprint density at radius 2 is 1.74 bits per heavy atom. The number of benzene rings is 3. The van der Waals surface area contributed by atoms with E-state index in [9.17, 15) is 17.6 Å². The molecule has 3 aromatic carbocycles. The third-order valence-corrected chi connectivity index (χ3v) is 8.91. The Labute approximate surface area is 228 Å². The van der Waals surface area contributed by atoms with Crippen LogP contribution in [-0.2, 0) is 10.0 Å². The molecular formula is C30H33F2NO5S. The molecule has 0 radical (unpaired) electrons. The summed E-state index contributed by atoms with van der Waals surface area (Å²) in [6, 6.07) is 13.2. The molecule has 1 saturated carbocycles. The zero-order valence-corrected chi connectivity index (χ0v) is 22.9. The smallest absolute Gasteiger partial charge is 0.338 e. The average molecular weight is 558 g/mol. The van der Waals surface area contributed by atoms with Crippen molar-refractivity contribution >= 4 is 21.7 Å². The quantitative estimate of drug-likeness (QED) is 0.268. The number of carboxylic acids is 1. The zero-order valence-electron chi connectivity index (χ0n) is 22.0. The highest BCUT2D eigenvalue weighted by atomic mass is 32.2. The average Bonchev–Trinajstić information content (AvgIpc) is 2.92. The fourth-order valence-electron chi connectivity index (χ4n) is 5.32. The van der Waals surface area contributed by atoms with Crippen molar-refractivity contribution < 1.29 is 31.8 Å². The summed E-state index contributed by atoms with van der Waals surface area (Å²) in [4.78, 5) is 10.6. The van der Waals surface area contributed by atoms with Gasteiger partial charge < -0.3 is 9.84 Å². The number of anilines is 1. The van der Waals surface area contributed by atoms with Gasteiger partial charge in [-0.25, -0.2) is 22.0 Å². The van der Waals surface area contributed by atoms with Crippen molar-refractivity contribution in [2.24, 2.45) is 5.92 Å². The second-order valence-electron chi connectivity index (χ2n) is 10.0. The van der Waals surface area contributed by atoms with Gasteiger partial charge in [-0.1, -0.05) is 62.6 Å². The van der Waals surface area contributed by atoms with Gasteiger partial charge in [0, 0.05) is 11.6 Å². The number of carbonyl (C=O) groups is 1. The molecule has 9 heteroatoms. The van der Waals surface area contributed by atoms with Crippen LogP contribution in [0.15, 0.2) is 59.5 Å². The van der Waals surface area contributed by atoms with Crippen LogP contribution in [0.3, 0.4) is 0 Å². The SMILES string of the molecule is CCCCC1CCC(c2ccc(-c3cccc(S(=O)(=O)Nc4cc(F)c(C(=O)O)cc4OC)c3F)cc2)CC1. The molecule has 0 amide bonds. The fraction of sp³-hybridized carbons (Fsp3) is 0.367. The van der Waals surface area contributed by atoms with E-state index in [-0.39, 0.29) is 17.0 Å². The van der Waals surface area contributed by atoms with Crippen molar-refractivity contribution in [2.45, 2.75) is 62.7 Å². The third kappa shape index (κ3) is 6.41. The number of methoxy groups -OCH3 is 1. The molecule has 3 aromatic rings. The van der Waals surface area contributed by atoms with E-state index in [1.54, 1.807) is 0 Å². The van der Waals surface area contributed by atoms with E-state index in [0.29, 0.717) is 17.5 Å². The van der Waals surface area contributed by atoms with Crippen LogP contribution in [0, 0.1) is 17.6 Å². The number of unbranched alkanes of at least 4 members (excludes halogenated alkanes) is 1. The molecule has 39 heavy (non-hydrogen) atoms. The Morgan fingerprint density at radius 1 is 1.05 bits per heavy atom. The van der Waals surface area contributed by atoms with Crippen LogP contribution in [0.1, 0.15) is 73.7 Å². The monoisotopic (exact) mass is 557 g/mol. The van der Waals surface area contributed by atoms with Gasteiger partial charge >= 0.3 is 5.97 Å². The minimum Gasteiger partial charge on any atom is -0.495 e. The van der Waals surface area contributed by atoms with E-state index < -0.39 is 38.1 Å². The molecule has 0 heterocycles. The minimum atomic E-state index is -4.51. The first-order chi connectivity index (χ1) is 18.6. The van der Waals surface area contributed by atoms with E-state index in [4.69, 9.17) is 9.84 Å². The highest BCUT2D eigenvalue weighted by molar-refractivity contribution is 7.92. The largest absolute Gasteiger partial charge is 0.495 e. The first-order valence-corrected chi connectivity index (χ1v) is 14.6. The summed E-state index contributed by atoms with van der Waals surface area (Å²) in [5, 5.41) is 9.11. The molecule has 0 bridgehead atoms. The number of ether oxygens (including phenoxy) is 1. The van der Waals surface area contributed by atoms with E-state index in [2.05, 4.69) is 11.6 Å². The van der Waals surface area contributed by atoms with Crippen molar-refractivity contribution in [1.82, 2.24) is 0 Å². The summed E-state index contributed by atoms with van der Waals surface area (Å²) in [5.74, 6) is -2.59. The maximum absolute atomic E-state index is 15.6. The number of rotatable bonds is 10. The van der Waals surface area contributed by atoms with Crippen molar-refractivity contribution in [2.75, 3.05) is 11.8 Å². The van der Waals surface area contributed by atoms with E-state index >= 15 is 4.39 Å². The maximum Gasteiger partial charge on any atom is 0.338 e. The van der Waals surface area contributed by atoms with Crippen LogP contribution in [-0.4, -0.2) is 26.6 Å². The second-order valence-corrected chi connectivity index (χ2v) is 11.7. The van der Waals surface area contributed by atoms with Crippen LogP contribution >= 0.6 is 0 Å².